The second kappa shape index (κ2) is 8.15. The van der Waals surface area contributed by atoms with Gasteiger partial charge in [0, 0.05) is 25.9 Å². The van der Waals surface area contributed by atoms with E-state index in [4.69, 9.17) is 4.52 Å². The number of hydrogen-bond acceptors (Lipinski definition) is 5. The minimum Gasteiger partial charge on any atom is -0.359 e. The minimum atomic E-state index is -3.17. The second-order valence-corrected chi connectivity index (χ2v) is 8.08. The normalized spacial score (nSPS) is 12.4. The van der Waals surface area contributed by atoms with Gasteiger partial charge in [-0.2, -0.15) is 0 Å². The Morgan fingerprint density at radius 1 is 1.20 bits per heavy atom. The van der Waals surface area contributed by atoms with Crippen LogP contribution in [0.2, 0.25) is 0 Å². The maximum absolute atomic E-state index is 11.5. The van der Waals surface area contributed by atoms with Crippen molar-refractivity contribution in [3.8, 4) is 0 Å². The molecule has 0 radical (unpaired) electrons. The number of sulfone groups is 1. The first-order valence-corrected chi connectivity index (χ1v) is 9.87. The van der Waals surface area contributed by atoms with Gasteiger partial charge >= 0.3 is 0 Å². The molecule has 7 nitrogen and oxygen atoms in total. The summed E-state index contributed by atoms with van der Waals surface area (Å²) in [6.45, 7) is 5.12. The van der Waals surface area contributed by atoms with E-state index < -0.39 is 9.84 Å². The number of aromatic nitrogens is 1. The lowest BCUT2D eigenvalue weighted by Crippen LogP contribution is -2.36. The molecule has 8 heteroatoms. The molecule has 0 unspecified atom stereocenters. The molecule has 25 heavy (non-hydrogen) atoms. The quantitative estimate of drug-likeness (QED) is 0.602. The Morgan fingerprint density at radius 3 is 2.36 bits per heavy atom. The van der Waals surface area contributed by atoms with E-state index in [1.54, 1.807) is 31.3 Å². The highest BCUT2D eigenvalue weighted by Gasteiger charge is 2.09. The van der Waals surface area contributed by atoms with Crippen LogP contribution >= 0.6 is 0 Å². The van der Waals surface area contributed by atoms with Crippen molar-refractivity contribution in [3.63, 3.8) is 0 Å². The van der Waals surface area contributed by atoms with Crippen LogP contribution in [0, 0.1) is 0 Å². The lowest BCUT2D eigenvalue weighted by Gasteiger charge is -2.11. The van der Waals surface area contributed by atoms with Gasteiger partial charge in [0.15, 0.2) is 21.6 Å². The van der Waals surface area contributed by atoms with E-state index in [0.29, 0.717) is 29.9 Å². The summed E-state index contributed by atoms with van der Waals surface area (Å²) in [6.07, 6.45) is 1.19. The molecule has 2 aromatic rings. The van der Waals surface area contributed by atoms with E-state index in [1.807, 2.05) is 6.07 Å². The van der Waals surface area contributed by atoms with Crippen LogP contribution in [0.15, 0.2) is 44.7 Å². The summed E-state index contributed by atoms with van der Waals surface area (Å²) in [5, 5.41) is 10.3. The van der Waals surface area contributed by atoms with Crippen molar-refractivity contribution >= 4 is 15.8 Å². The van der Waals surface area contributed by atoms with Crippen molar-refractivity contribution in [1.29, 1.82) is 0 Å². The van der Waals surface area contributed by atoms with Crippen LogP contribution < -0.4 is 10.6 Å². The largest absolute Gasteiger partial charge is 0.359 e. The molecule has 1 heterocycles. The summed E-state index contributed by atoms with van der Waals surface area (Å²) in [7, 11) is -1.49. The van der Waals surface area contributed by atoms with E-state index in [-0.39, 0.29) is 0 Å². The van der Waals surface area contributed by atoms with Crippen LogP contribution in [-0.2, 0) is 22.9 Å². The maximum atomic E-state index is 11.5. The number of guanidine groups is 1. The molecule has 0 bridgehead atoms. The fraction of sp³-hybridized carbons (Fsp3) is 0.412. The maximum Gasteiger partial charge on any atom is 0.191 e. The zero-order chi connectivity index (χ0) is 18.4. The Morgan fingerprint density at radius 2 is 1.84 bits per heavy atom. The predicted octanol–water partition coefficient (Wildman–Crippen LogP) is 2.07. The van der Waals surface area contributed by atoms with Gasteiger partial charge in [0.05, 0.1) is 17.1 Å². The molecule has 0 atom stereocenters. The van der Waals surface area contributed by atoms with E-state index in [9.17, 15) is 8.42 Å². The summed E-state index contributed by atoms with van der Waals surface area (Å²) in [5.41, 5.74) is 1.88. The molecule has 2 N–H and O–H groups in total. The minimum absolute atomic E-state index is 0.310. The average Bonchev–Trinajstić information content (AvgIpc) is 3.04. The summed E-state index contributed by atoms with van der Waals surface area (Å²) < 4.78 is 28.2. The third-order valence-corrected chi connectivity index (χ3v) is 4.76. The highest BCUT2D eigenvalue weighted by Crippen LogP contribution is 2.13. The van der Waals surface area contributed by atoms with Gasteiger partial charge in [0.25, 0.3) is 0 Å². The van der Waals surface area contributed by atoms with Gasteiger partial charge in [-0.3, -0.25) is 4.99 Å². The lowest BCUT2D eigenvalue weighted by atomic mass is 10.1. The first kappa shape index (κ1) is 19.0. The summed E-state index contributed by atoms with van der Waals surface area (Å²) in [4.78, 5) is 4.46. The van der Waals surface area contributed by atoms with Crippen molar-refractivity contribution < 1.29 is 12.9 Å². The summed E-state index contributed by atoms with van der Waals surface area (Å²) in [5.74, 6) is 1.68. The number of nitrogens with one attached hydrogen (secondary N) is 2. The zero-order valence-electron chi connectivity index (χ0n) is 14.9. The van der Waals surface area contributed by atoms with E-state index in [1.165, 1.54) is 6.26 Å². The lowest BCUT2D eigenvalue weighted by molar-refractivity contribution is 0.372. The average molecular weight is 364 g/mol. The summed E-state index contributed by atoms with van der Waals surface area (Å²) in [6, 6.07) is 8.69. The van der Waals surface area contributed by atoms with Crippen molar-refractivity contribution in [1.82, 2.24) is 15.8 Å². The predicted molar refractivity (Wildman–Crippen MR) is 97.2 cm³/mol. The number of aliphatic imine (C=N–C) groups is 1. The van der Waals surface area contributed by atoms with E-state index in [0.717, 1.165) is 17.0 Å². The molecule has 0 saturated carbocycles. The van der Waals surface area contributed by atoms with Crippen LogP contribution in [0.1, 0.15) is 36.8 Å². The molecule has 1 aromatic carbocycles. The Balaban J connectivity index is 1.87. The molecule has 0 aliphatic heterocycles. The molecule has 136 valence electrons. The third-order valence-electron chi connectivity index (χ3n) is 3.63. The molecule has 0 aliphatic carbocycles. The monoisotopic (exact) mass is 364 g/mol. The SMILES string of the molecule is CN=C(NCc1ccc(S(C)(=O)=O)cc1)NCc1cc(C(C)C)no1. The van der Waals surface area contributed by atoms with Crippen molar-refractivity contribution in [2.75, 3.05) is 13.3 Å². The molecule has 2 rings (SSSR count). The van der Waals surface area contributed by atoms with Gasteiger partial charge in [-0.25, -0.2) is 8.42 Å². The molecule has 0 amide bonds. The number of hydrogen-bond donors (Lipinski definition) is 2. The van der Waals surface area contributed by atoms with E-state index in [2.05, 4.69) is 34.6 Å². The molecule has 0 spiro atoms. The van der Waals surface area contributed by atoms with Gasteiger partial charge in [0.2, 0.25) is 0 Å². The fourth-order valence-electron chi connectivity index (χ4n) is 2.12. The van der Waals surface area contributed by atoms with Crippen molar-refractivity contribution in [2.45, 2.75) is 37.8 Å². The van der Waals surface area contributed by atoms with Gasteiger partial charge < -0.3 is 15.2 Å². The summed E-state index contributed by atoms with van der Waals surface area (Å²) >= 11 is 0. The topological polar surface area (TPSA) is 96.6 Å². The number of nitrogens with zero attached hydrogens (tertiary/aromatic N) is 2. The molecule has 1 aromatic heterocycles. The van der Waals surface area contributed by atoms with Crippen LogP contribution in [0.4, 0.5) is 0 Å². The van der Waals surface area contributed by atoms with Gasteiger partial charge in [-0.05, 0) is 23.6 Å². The van der Waals surface area contributed by atoms with E-state index >= 15 is 0 Å². The first-order chi connectivity index (χ1) is 11.8. The number of rotatable bonds is 6. The highest BCUT2D eigenvalue weighted by atomic mass is 32.2. The standard InChI is InChI=1S/C17H24N4O3S/c1-12(2)16-9-14(24-21-16)11-20-17(18-3)19-10-13-5-7-15(8-6-13)25(4,22)23/h5-9,12H,10-11H2,1-4H3,(H2,18,19,20). The number of benzene rings is 1. The van der Waals surface area contributed by atoms with Crippen LogP contribution in [0.25, 0.3) is 0 Å². The van der Waals surface area contributed by atoms with Crippen LogP contribution in [0.3, 0.4) is 0 Å². The molecular formula is C17H24N4O3S. The Kier molecular flexibility index (Phi) is 6.19. The zero-order valence-corrected chi connectivity index (χ0v) is 15.7. The van der Waals surface area contributed by atoms with Crippen LogP contribution in [-0.4, -0.2) is 32.8 Å². The first-order valence-electron chi connectivity index (χ1n) is 7.98. The highest BCUT2D eigenvalue weighted by molar-refractivity contribution is 7.90. The molecule has 0 fully saturated rings. The second-order valence-electron chi connectivity index (χ2n) is 6.07. The van der Waals surface area contributed by atoms with Crippen molar-refractivity contribution in [2.24, 2.45) is 4.99 Å². The Labute approximate surface area is 148 Å². The fourth-order valence-corrected chi connectivity index (χ4v) is 2.75. The van der Waals surface area contributed by atoms with Gasteiger partial charge in [-0.1, -0.05) is 31.1 Å². The van der Waals surface area contributed by atoms with Crippen LogP contribution in [0.5, 0.6) is 0 Å². The molecule has 0 aliphatic rings. The van der Waals surface area contributed by atoms with Gasteiger partial charge in [-0.15, -0.1) is 0 Å². The smallest absolute Gasteiger partial charge is 0.191 e. The molecule has 0 saturated heterocycles. The third kappa shape index (κ3) is 5.60. The van der Waals surface area contributed by atoms with Gasteiger partial charge in [0.1, 0.15) is 0 Å². The van der Waals surface area contributed by atoms with Crippen molar-refractivity contribution in [3.05, 3.63) is 47.3 Å². The Bertz CT molecular complexity index is 824. The Hall–Kier alpha value is -2.35. The molecular weight excluding hydrogens is 340 g/mol.